The molecule has 7 nitrogen and oxygen atoms in total. The maximum Gasteiger partial charge on any atom is 0.341 e. The largest absolute Gasteiger partial charge is 0.477 e. The van der Waals surface area contributed by atoms with Crippen LogP contribution in [-0.2, 0) is 11.3 Å². The average molecular weight is 476 g/mol. The summed E-state index contributed by atoms with van der Waals surface area (Å²) in [6.07, 6.45) is 2.03. The summed E-state index contributed by atoms with van der Waals surface area (Å²) in [7, 11) is 0. The molecule has 4 rings (SSSR count). The SMILES string of the molecule is NC(=O)C1CCN(c2cc3c(cc2F)c(=O)c(C(=O)O)cn3Cc2c(F)cccc2Cl)CC1. The van der Waals surface area contributed by atoms with E-state index in [-0.39, 0.29) is 39.6 Å². The van der Waals surface area contributed by atoms with Gasteiger partial charge in [-0.2, -0.15) is 0 Å². The van der Waals surface area contributed by atoms with E-state index in [2.05, 4.69) is 0 Å². The Morgan fingerprint density at radius 1 is 1.15 bits per heavy atom. The topological polar surface area (TPSA) is 106 Å². The van der Waals surface area contributed by atoms with Crippen LogP contribution >= 0.6 is 11.6 Å². The number of rotatable bonds is 5. The van der Waals surface area contributed by atoms with Crippen molar-refractivity contribution in [1.29, 1.82) is 0 Å². The minimum absolute atomic E-state index is 0.105. The lowest BCUT2D eigenvalue weighted by Gasteiger charge is -2.32. The Morgan fingerprint density at radius 2 is 1.85 bits per heavy atom. The Balaban J connectivity index is 1.86. The Labute approximate surface area is 192 Å². The number of carbonyl (C=O) groups is 2. The van der Waals surface area contributed by atoms with Crippen LogP contribution in [-0.4, -0.2) is 34.6 Å². The van der Waals surface area contributed by atoms with Crippen LogP contribution in [0.15, 0.2) is 41.3 Å². The number of halogens is 3. The third-order valence-electron chi connectivity index (χ3n) is 6.01. The molecule has 0 radical (unpaired) electrons. The van der Waals surface area contributed by atoms with Crippen molar-refractivity contribution in [2.24, 2.45) is 11.7 Å². The van der Waals surface area contributed by atoms with Crippen molar-refractivity contribution in [3.8, 4) is 0 Å². The van der Waals surface area contributed by atoms with Gasteiger partial charge in [-0.15, -0.1) is 0 Å². The lowest BCUT2D eigenvalue weighted by atomic mass is 9.95. The number of primary amides is 1. The van der Waals surface area contributed by atoms with E-state index >= 15 is 4.39 Å². The van der Waals surface area contributed by atoms with E-state index in [1.165, 1.54) is 28.8 Å². The zero-order valence-corrected chi connectivity index (χ0v) is 18.1. The average Bonchev–Trinajstić information content (AvgIpc) is 2.77. The molecule has 1 fully saturated rings. The van der Waals surface area contributed by atoms with Crippen LogP contribution in [0, 0.1) is 17.6 Å². The molecule has 33 heavy (non-hydrogen) atoms. The maximum atomic E-state index is 15.0. The van der Waals surface area contributed by atoms with Gasteiger partial charge in [0.2, 0.25) is 11.3 Å². The Morgan fingerprint density at radius 3 is 2.45 bits per heavy atom. The molecular formula is C23H20ClF2N3O4. The van der Waals surface area contributed by atoms with Crippen LogP contribution in [0.4, 0.5) is 14.5 Å². The molecule has 1 aliphatic heterocycles. The number of carbonyl (C=O) groups excluding carboxylic acids is 1. The van der Waals surface area contributed by atoms with Crippen molar-refractivity contribution in [3.05, 3.63) is 74.5 Å². The lowest BCUT2D eigenvalue weighted by molar-refractivity contribution is -0.122. The number of piperidine rings is 1. The maximum absolute atomic E-state index is 15.0. The van der Waals surface area contributed by atoms with Gasteiger partial charge in [-0.1, -0.05) is 17.7 Å². The van der Waals surface area contributed by atoms with Crippen molar-refractivity contribution in [2.45, 2.75) is 19.4 Å². The minimum atomic E-state index is -1.48. The molecule has 1 aromatic heterocycles. The van der Waals surface area contributed by atoms with E-state index in [9.17, 15) is 23.9 Å². The Bertz CT molecular complexity index is 1310. The zero-order chi connectivity index (χ0) is 23.9. The zero-order valence-electron chi connectivity index (χ0n) is 17.4. The van der Waals surface area contributed by atoms with E-state index in [4.69, 9.17) is 17.3 Å². The summed E-state index contributed by atoms with van der Waals surface area (Å²) in [5.74, 6) is -3.46. The minimum Gasteiger partial charge on any atom is -0.477 e. The molecule has 0 atom stereocenters. The summed E-state index contributed by atoms with van der Waals surface area (Å²) in [4.78, 5) is 37.6. The number of benzene rings is 2. The van der Waals surface area contributed by atoms with Gasteiger partial charge in [0.25, 0.3) is 0 Å². The number of hydrogen-bond donors (Lipinski definition) is 2. The first kappa shape index (κ1) is 22.7. The van der Waals surface area contributed by atoms with Gasteiger partial charge in [-0.05, 0) is 37.1 Å². The number of aromatic nitrogens is 1. The van der Waals surface area contributed by atoms with Crippen LogP contribution in [0.3, 0.4) is 0 Å². The highest BCUT2D eigenvalue weighted by Gasteiger charge is 2.26. The van der Waals surface area contributed by atoms with Gasteiger partial charge in [0.05, 0.1) is 17.7 Å². The number of fused-ring (bicyclic) bond motifs is 1. The number of nitrogens with zero attached hydrogens (tertiary/aromatic N) is 2. The Hall–Kier alpha value is -3.46. The number of nitrogens with two attached hydrogens (primary N) is 1. The molecule has 0 saturated carbocycles. The third kappa shape index (κ3) is 4.28. The highest BCUT2D eigenvalue weighted by Crippen LogP contribution is 2.30. The standard InChI is InChI=1S/C23H20ClF2N3O4/c24-16-2-1-3-17(25)14(16)10-29-11-15(23(32)33)21(30)13-8-18(26)20(9-19(13)29)28-6-4-12(5-7-28)22(27)31/h1-3,8-9,11-12H,4-7,10H2,(H2,27,31)(H,32,33). The number of pyridine rings is 1. The smallest absolute Gasteiger partial charge is 0.341 e. The predicted molar refractivity (Wildman–Crippen MR) is 120 cm³/mol. The molecule has 0 bridgehead atoms. The van der Waals surface area contributed by atoms with Crippen molar-refractivity contribution in [2.75, 3.05) is 18.0 Å². The van der Waals surface area contributed by atoms with Crippen LogP contribution in [0.5, 0.6) is 0 Å². The number of carboxylic acid groups (broad SMARTS) is 1. The van der Waals surface area contributed by atoms with E-state index in [1.807, 2.05) is 0 Å². The normalized spacial score (nSPS) is 14.6. The van der Waals surface area contributed by atoms with Gasteiger partial charge < -0.3 is 20.3 Å². The molecule has 1 aliphatic rings. The van der Waals surface area contributed by atoms with Crippen molar-refractivity contribution < 1.29 is 23.5 Å². The fourth-order valence-electron chi connectivity index (χ4n) is 4.18. The number of aromatic carboxylic acids is 1. The second kappa shape index (κ2) is 8.82. The van der Waals surface area contributed by atoms with Crippen LogP contribution in [0.25, 0.3) is 10.9 Å². The van der Waals surface area contributed by atoms with Crippen LogP contribution in [0.2, 0.25) is 5.02 Å². The number of carboxylic acids is 1. The predicted octanol–water partition coefficient (Wildman–Crippen LogP) is 3.38. The van der Waals surface area contributed by atoms with Gasteiger partial charge >= 0.3 is 5.97 Å². The molecular weight excluding hydrogens is 456 g/mol. The first-order valence-electron chi connectivity index (χ1n) is 10.2. The van der Waals surface area contributed by atoms with Crippen LogP contribution in [0.1, 0.15) is 28.8 Å². The molecule has 0 spiro atoms. The van der Waals surface area contributed by atoms with Crippen molar-refractivity contribution >= 4 is 40.1 Å². The first-order valence-corrected chi connectivity index (χ1v) is 10.6. The van der Waals surface area contributed by atoms with Gasteiger partial charge in [-0.25, -0.2) is 13.6 Å². The van der Waals surface area contributed by atoms with E-state index in [1.54, 1.807) is 4.90 Å². The second-order valence-electron chi connectivity index (χ2n) is 7.99. The van der Waals surface area contributed by atoms with E-state index < -0.39 is 34.5 Å². The van der Waals surface area contributed by atoms with Gasteiger partial charge in [0.15, 0.2) is 0 Å². The summed E-state index contributed by atoms with van der Waals surface area (Å²) in [6, 6.07) is 6.60. The lowest BCUT2D eigenvalue weighted by Crippen LogP contribution is -2.39. The molecule has 1 amide bonds. The molecule has 2 heterocycles. The summed E-state index contributed by atoms with van der Waals surface area (Å²) in [6.45, 7) is 0.594. The monoisotopic (exact) mass is 475 g/mol. The van der Waals surface area contributed by atoms with Crippen molar-refractivity contribution in [1.82, 2.24) is 4.57 Å². The second-order valence-corrected chi connectivity index (χ2v) is 8.40. The highest BCUT2D eigenvalue weighted by molar-refractivity contribution is 6.31. The number of hydrogen-bond acceptors (Lipinski definition) is 4. The molecule has 172 valence electrons. The molecule has 3 aromatic rings. The fraction of sp³-hybridized carbons (Fsp3) is 0.261. The number of amides is 1. The molecule has 0 unspecified atom stereocenters. The van der Waals surface area contributed by atoms with Gasteiger partial charge in [0, 0.05) is 41.2 Å². The Kier molecular flexibility index (Phi) is 6.07. The third-order valence-corrected chi connectivity index (χ3v) is 6.36. The van der Waals surface area contributed by atoms with Gasteiger partial charge in [-0.3, -0.25) is 9.59 Å². The number of anilines is 1. The van der Waals surface area contributed by atoms with Crippen LogP contribution < -0.4 is 16.1 Å². The fourth-order valence-corrected chi connectivity index (χ4v) is 4.41. The highest BCUT2D eigenvalue weighted by atomic mass is 35.5. The van der Waals surface area contributed by atoms with Crippen molar-refractivity contribution in [3.63, 3.8) is 0 Å². The van der Waals surface area contributed by atoms with E-state index in [0.717, 1.165) is 12.3 Å². The summed E-state index contributed by atoms with van der Waals surface area (Å²) < 4.78 is 30.9. The molecule has 10 heteroatoms. The van der Waals surface area contributed by atoms with E-state index in [0.29, 0.717) is 25.9 Å². The molecule has 2 aromatic carbocycles. The first-order chi connectivity index (χ1) is 15.7. The summed E-state index contributed by atoms with van der Waals surface area (Å²) >= 11 is 6.14. The molecule has 0 aliphatic carbocycles. The molecule has 3 N–H and O–H groups in total. The summed E-state index contributed by atoms with van der Waals surface area (Å²) in [5.41, 5.74) is 4.50. The quantitative estimate of drug-likeness (QED) is 0.588. The molecule has 1 saturated heterocycles. The van der Waals surface area contributed by atoms with Gasteiger partial charge in [0.1, 0.15) is 17.2 Å². The summed E-state index contributed by atoms with van der Waals surface area (Å²) in [5, 5.41) is 9.46.